The molecular formula is C23H27Cl2NO5. The maximum absolute atomic E-state index is 11.4. The molecular weight excluding hydrogens is 441 g/mol. The fraction of sp³-hybridized carbons (Fsp3) is 0.391. The molecule has 1 fully saturated rings. The second-order valence-electron chi connectivity index (χ2n) is 7.87. The van der Waals surface area contributed by atoms with Crippen LogP contribution in [0.3, 0.4) is 0 Å². The third-order valence-corrected chi connectivity index (χ3v) is 6.31. The number of aliphatic carboxylic acids is 2. The number of halogens is 2. The van der Waals surface area contributed by atoms with Crippen LogP contribution in [0.25, 0.3) is 0 Å². The number of piperidine rings is 1. The van der Waals surface area contributed by atoms with E-state index in [0.29, 0.717) is 0 Å². The number of carbonyl (C=O) groups is 2. The van der Waals surface area contributed by atoms with Crippen molar-refractivity contribution in [2.45, 2.75) is 50.8 Å². The van der Waals surface area contributed by atoms with Gasteiger partial charge in [-0.3, -0.25) is 0 Å². The van der Waals surface area contributed by atoms with Crippen LogP contribution in [0.15, 0.2) is 48.5 Å². The third-order valence-electron chi connectivity index (χ3n) is 5.81. The van der Waals surface area contributed by atoms with Crippen LogP contribution in [0, 0.1) is 5.92 Å². The summed E-state index contributed by atoms with van der Waals surface area (Å²) in [6, 6.07) is 16.4. The molecule has 31 heavy (non-hydrogen) atoms. The molecule has 6 nitrogen and oxygen atoms in total. The van der Waals surface area contributed by atoms with E-state index in [1.165, 1.54) is 11.1 Å². The van der Waals surface area contributed by atoms with E-state index >= 15 is 0 Å². The molecule has 0 amide bonds. The number of hydrogen-bond acceptors (Lipinski definition) is 4. The van der Waals surface area contributed by atoms with Crippen molar-refractivity contribution in [1.29, 1.82) is 0 Å². The largest absolute Gasteiger partial charge is 0.539 e. The van der Waals surface area contributed by atoms with Crippen LogP contribution in [-0.2, 0) is 9.59 Å². The Kier molecular flexibility index (Phi) is 8.89. The summed E-state index contributed by atoms with van der Waals surface area (Å²) in [5, 5.41) is 31.6. The van der Waals surface area contributed by atoms with Gasteiger partial charge in [-0.25, -0.2) is 4.79 Å². The number of hydrogen-bond donors (Lipinski definition) is 3. The van der Waals surface area contributed by atoms with Crippen LogP contribution in [0.2, 0.25) is 10.0 Å². The Bertz CT molecular complexity index is 876. The molecule has 0 spiro atoms. The van der Waals surface area contributed by atoms with Crippen molar-refractivity contribution in [3.63, 3.8) is 0 Å². The highest BCUT2D eigenvalue weighted by molar-refractivity contribution is 6.30. The zero-order chi connectivity index (χ0) is 23.2. The van der Waals surface area contributed by atoms with Gasteiger partial charge in [-0.05, 0) is 30.7 Å². The van der Waals surface area contributed by atoms with Crippen LogP contribution in [-0.4, -0.2) is 27.8 Å². The van der Waals surface area contributed by atoms with E-state index in [1.807, 2.05) is 24.3 Å². The van der Waals surface area contributed by atoms with E-state index in [-0.39, 0.29) is 18.0 Å². The molecule has 0 bridgehead atoms. The number of quaternary nitrogens is 1. The molecule has 4 atom stereocenters. The quantitative estimate of drug-likeness (QED) is 0.597. The van der Waals surface area contributed by atoms with Gasteiger partial charge >= 0.3 is 5.97 Å². The predicted molar refractivity (Wildman–Crippen MR) is 117 cm³/mol. The summed E-state index contributed by atoms with van der Waals surface area (Å²) in [4.78, 5) is 18.0. The molecule has 3 rings (SSSR count). The average molecular weight is 468 g/mol. The first kappa shape index (κ1) is 25.1. The number of nitrogens with two attached hydrogens (primary N) is 1. The first-order valence-electron chi connectivity index (χ1n) is 10.1. The Hall–Kier alpha value is -2.12. The fourth-order valence-corrected chi connectivity index (χ4v) is 4.42. The average Bonchev–Trinajstić information content (AvgIpc) is 2.72. The van der Waals surface area contributed by atoms with Gasteiger partial charge in [0.25, 0.3) is 0 Å². The maximum atomic E-state index is 11.4. The SMILES string of the molecule is CCCC1(O)CC(c2ccc(Cl)cc2)[NH2+]C(c2ccc(Cl)cc2)C1C.O=C([O-])C(=O)O. The van der Waals surface area contributed by atoms with E-state index < -0.39 is 17.5 Å². The van der Waals surface area contributed by atoms with E-state index in [9.17, 15) is 5.11 Å². The first-order valence-corrected chi connectivity index (χ1v) is 10.9. The molecule has 4 unspecified atom stereocenters. The van der Waals surface area contributed by atoms with Crippen molar-refractivity contribution in [3.05, 3.63) is 69.7 Å². The first-order chi connectivity index (χ1) is 14.6. The molecule has 8 heteroatoms. The summed E-state index contributed by atoms with van der Waals surface area (Å²) < 4.78 is 0. The lowest BCUT2D eigenvalue weighted by Gasteiger charge is -2.45. The fourth-order valence-electron chi connectivity index (χ4n) is 4.17. The minimum absolute atomic E-state index is 0.164. The van der Waals surface area contributed by atoms with Crippen LogP contribution in [0.5, 0.6) is 0 Å². The maximum Gasteiger partial charge on any atom is 0.351 e. The summed E-state index contributed by atoms with van der Waals surface area (Å²) in [5.41, 5.74) is 1.76. The highest BCUT2D eigenvalue weighted by Crippen LogP contribution is 2.41. The Morgan fingerprint density at radius 1 is 1.06 bits per heavy atom. The number of benzene rings is 2. The van der Waals surface area contributed by atoms with Gasteiger partial charge in [0.2, 0.25) is 0 Å². The highest BCUT2D eigenvalue weighted by Gasteiger charge is 2.48. The van der Waals surface area contributed by atoms with Crippen molar-refractivity contribution in [2.75, 3.05) is 0 Å². The van der Waals surface area contributed by atoms with Gasteiger partial charge in [-0.15, -0.1) is 0 Å². The molecule has 168 valence electrons. The van der Waals surface area contributed by atoms with E-state index in [4.69, 9.17) is 43.0 Å². The summed E-state index contributed by atoms with van der Waals surface area (Å²) in [5.74, 6) is -3.85. The Balaban J connectivity index is 0.000000501. The molecule has 0 radical (unpaired) electrons. The van der Waals surface area contributed by atoms with Crippen LogP contribution in [0.1, 0.15) is 56.3 Å². The van der Waals surface area contributed by atoms with Crippen LogP contribution < -0.4 is 10.4 Å². The van der Waals surface area contributed by atoms with Gasteiger partial charge in [0.15, 0.2) is 5.97 Å². The second kappa shape index (κ2) is 11.0. The Labute approximate surface area is 191 Å². The number of rotatable bonds is 4. The molecule has 0 saturated carbocycles. The molecule has 2 aromatic rings. The molecule has 1 aliphatic rings. The minimum Gasteiger partial charge on any atom is -0.539 e. The lowest BCUT2D eigenvalue weighted by Crippen LogP contribution is -2.91. The molecule has 0 aromatic heterocycles. The van der Waals surface area contributed by atoms with Gasteiger partial charge in [-0.2, -0.15) is 0 Å². The van der Waals surface area contributed by atoms with Gasteiger partial charge in [0.1, 0.15) is 12.1 Å². The Morgan fingerprint density at radius 3 is 1.94 bits per heavy atom. The lowest BCUT2D eigenvalue weighted by atomic mass is 9.70. The standard InChI is InChI=1S/C21H25Cl2NO.C2H2O4/c1-3-12-21(25)13-19(15-4-8-17(22)9-5-15)24-20(14(21)2)16-6-10-18(23)11-7-16;3-1(4)2(5)6/h4-11,14,19-20,24-25H,3,12-13H2,1-2H3;(H,3,4)(H,5,6). The topological polar surface area (TPSA) is 114 Å². The van der Waals surface area contributed by atoms with Gasteiger partial charge < -0.3 is 25.4 Å². The number of carbonyl (C=O) groups excluding carboxylic acids is 1. The lowest BCUT2D eigenvalue weighted by molar-refractivity contribution is -0.756. The van der Waals surface area contributed by atoms with E-state index in [0.717, 1.165) is 29.3 Å². The van der Waals surface area contributed by atoms with Crippen molar-refractivity contribution >= 4 is 35.1 Å². The highest BCUT2D eigenvalue weighted by atomic mass is 35.5. The van der Waals surface area contributed by atoms with Crippen molar-refractivity contribution in [3.8, 4) is 0 Å². The Morgan fingerprint density at radius 2 is 1.52 bits per heavy atom. The van der Waals surface area contributed by atoms with Gasteiger partial charge in [0.05, 0.1) is 5.60 Å². The smallest absolute Gasteiger partial charge is 0.351 e. The molecule has 1 aliphatic heterocycles. The summed E-state index contributed by atoms with van der Waals surface area (Å²) in [6.45, 7) is 4.31. The number of carboxylic acid groups (broad SMARTS) is 2. The third kappa shape index (κ3) is 6.68. The van der Waals surface area contributed by atoms with Gasteiger partial charge in [-0.1, -0.05) is 67.7 Å². The summed E-state index contributed by atoms with van der Waals surface area (Å²) in [6.07, 6.45) is 2.55. The molecule has 4 N–H and O–H groups in total. The van der Waals surface area contributed by atoms with Crippen molar-refractivity contribution in [1.82, 2.24) is 0 Å². The molecule has 1 heterocycles. The predicted octanol–water partition coefficient (Wildman–Crippen LogP) is 2.73. The van der Waals surface area contributed by atoms with Gasteiger partial charge in [0, 0.05) is 33.5 Å². The van der Waals surface area contributed by atoms with Crippen molar-refractivity contribution < 1.29 is 30.2 Å². The van der Waals surface area contributed by atoms with Crippen LogP contribution >= 0.6 is 23.2 Å². The van der Waals surface area contributed by atoms with E-state index in [1.54, 1.807) is 0 Å². The molecule has 0 aliphatic carbocycles. The number of carboxylic acids is 2. The van der Waals surface area contributed by atoms with Crippen molar-refractivity contribution in [2.24, 2.45) is 5.92 Å². The summed E-state index contributed by atoms with van der Waals surface area (Å²) in [7, 11) is 0. The minimum atomic E-state index is -2.07. The normalized spacial score (nSPS) is 25.3. The number of aliphatic hydroxyl groups is 1. The molecule has 2 aromatic carbocycles. The van der Waals surface area contributed by atoms with Crippen LogP contribution in [0.4, 0.5) is 0 Å². The van der Waals surface area contributed by atoms with E-state index in [2.05, 4.69) is 43.4 Å². The zero-order valence-electron chi connectivity index (χ0n) is 17.4. The zero-order valence-corrected chi connectivity index (χ0v) is 18.9. The molecule has 1 saturated heterocycles. The monoisotopic (exact) mass is 467 g/mol. The second-order valence-corrected chi connectivity index (χ2v) is 8.74. The summed E-state index contributed by atoms with van der Waals surface area (Å²) >= 11 is 12.1.